The molecule has 0 spiro atoms. The van der Waals surface area contributed by atoms with Crippen LogP contribution in [0.4, 0.5) is 13.2 Å². The minimum absolute atomic E-state index is 0.346. The molecule has 5 heteroatoms. The van der Waals surface area contributed by atoms with E-state index in [9.17, 15) is 13.2 Å². The van der Waals surface area contributed by atoms with Crippen molar-refractivity contribution >= 4 is 11.3 Å². The van der Waals surface area contributed by atoms with Crippen molar-refractivity contribution in [3.05, 3.63) is 57.0 Å². The summed E-state index contributed by atoms with van der Waals surface area (Å²) in [7, 11) is 1.70. The average Bonchev–Trinajstić information content (AvgIpc) is 2.74. The predicted octanol–water partition coefficient (Wildman–Crippen LogP) is 3.78. The Morgan fingerprint density at radius 3 is 2.22 bits per heavy atom. The number of thiophene rings is 1. The summed E-state index contributed by atoms with van der Waals surface area (Å²) in [4.78, 5) is 1.06. The first kappa shape index (κ1) is 13.1. The second-order valence-corrected chi connectivity index (χ2v) is 5.07. The second-order valence-electron chi connectivity index (χ2n) is 3.95. The van der Waals surface area contributed by atoms with E-state index in [0.29, 0.717) is 5.56 Å². The van der Waals surface area contributed by atoms with Crippen molar-refractivity contribution in [2.24, 2.45) is 0 Å². The standard InChI is InChI=1S/C13H12F3NS/c1-7-9(3-4-18-7)13(17-2)8-5-10(14)12(16)11(15)6-8/h3-6,13,17H,1-2H3. The van der Waals surface area contributed by atoms with Crippen LogP contribution in [0.3, 0.4) is 0 Å². The summed E-state index contributed by atoms with van der Waals surface area (Å²) in [5.41, 5.74) is 1.31. The minimum Gasteiger partial charge on any atom is -0.309 e. The van der Waals surface area contributed by atoms with Crippen molar-refractivity contribution in [2.75, 3.05) is 7.05 Å². The zero-order chi connectivity index (χ0) is 13.3. The first-order valence-corrected chi connectivity index (χ1v) is 6.28. The molecule has 1 aromatic carbocycles. The third-order valence-electron chi connectivity index (χ3n) is 2.84. The molecule has 0 amide bonds. The number of hydrogen-bond acceptors (Lipinski definition) is 2. The van der Waals surface area contributed by atoms with Gasteiger partial charge in [-0.1, -0.05) is 0 Å². The normalized spacial score (nSPS) is 12.7. The number of nitrogens with one attached hydrogen (secondary N) is 1. The molecule has 0 saturated carbocycles. The highest BCUT2D eigenvalue weighted by atomic mass is 32.1. The molecular weight excluding hydrogens is 259 g/mol. The van der Waals surface area contributed by atoms with Gasteiger partial charge in [0.2, 0.25) is 0 Å². The molecule has 1 heterocycles. The Morgan fingerprint density at radius 2 is 1.78 bits per heavy atom. The van der Waals surface area contributed by atoms with Gasteiger partial charge in [-0.05, 0) is 48.7 Å². The van der Waals surface area contributed by atoms with Crippen LogP contribution in [0, 0.1) is 24.4 Å². The fourth-order valence-corrected chi connectivity index (χ4v) is 2.68. The first-order chi connectivity index (χ1) is 8.54. The van der Waals surface area contributed by atoms with Crippen molar-refractivity contribution in [3.8, 4) is 0 Å². The van der Waals surface area contributed by atoms with Crippen molar-refractivity contribution in [3.63, 3.8) is 0 Å². The Hall–Kier alpha value is -1.33. The van der Waals surface area contributed by atoms with Crippen molar-refractivity contribution in [2.45, 2.75) is 13.0 Å². The van der Waals surface area contributed by atoms with Crippen LogP contribution in [-0.2, 0) is 0 Å². The molecule has 0 saturated heterocycles. The molecule has 1 N–H and O–H groups in total. The van der Waals surface area contributed by atoms with Gasteiger partial charge in [0.15, 0.2) is 17.5 Å². The number of hydrogen-bond donors (Lipinski definition) is 1. The van der Waals surface area contributed by atoms with Gasteiger partial charge in [-0.25, -0.2) is 13.2 Å². The average molecular weight is 271 g/mol. The maximum Gasteiger partial charge on any atom is 0.194 e. The van der Waals surface area contributed by atoms with E-state index in [0.717, 1.165) is 22.6 Å². The molecule has 0 aliphatic carbocycles. The van der Waals surface area contributed by atoms with Gasteiger partial charge in [-0.2, -0.15) is 0 Å². The van der Waals surface area contributed by atoms with Crippen LogP contribution >= 0.6 is 11.3 Å². The van der Waals surface area contributed by atoms with Gasteiger partial charge >= 0.3 is 0 Å². The molecule has 1 nitrogen and oxygen atoms in total. The Labute approximate surface area is 107 Å². The highest BCUT2D eigenvalue weighted by Gasteiger charge is 2.19. The molecule has 0 aliphatic heterocycles. The highest BCUT2D eigenvalue weighted by molar-refractivity contribution is 7.10. The molecule has 0 bridgehead atoms. The molecule has 0 fully saturated rings. The topological polar surface area (TPSA) is 12.0 Å². The lowest BCUT2D eigenvalue weighted by Crippen LogP contribution is -2.18. The van der Waals surface area contributed by atoms with E-state index in [1.54, 1.807) is 18.4 Å². The summed E-state index contributed by atoms with van der Waals surface area (Å²) in [5.74, 6) is -3.77. The Kier molecular flexibility index (Phi) is 3.73. The fraction of sp³-hybridized carbons (Fsp3) is 0.231. The van der Waals surface area contributed by atoms with E-state index >= 15 is 0 Å². The lowest BCUT2D eigenvalue weighted by Gasteiger charge is -2.17. The van der Waals surface area contributed by atoms with E-state index < -0.39 is 17.5 Å². The maximum absolute atomic E-state index is 13.2. The number of benzene rings is 1. The van der Waals surface area contributed by atoms with E-state index in [4.69, 9.17) is 0 Å². The summed E-state index contributed by atoms with van der Waals surface area (Å²) >= 11 is 1.55. The molecule has 1 atom stereocenters. The monoisotopic (exact) mass is 271 g/mol. The fourth-order valence-electron chi connectivity index (χ4n) is 1.94. The summed E-state index contributed by atoms with van der Waals surface area (Å²) in [6, 6.07) is 3.59. The summed E-state index contributed by atoms with van der Waals surface area (Å²) in [6.45, 7) is 1.93. The first-order valence-electron chi connectivity index (χ1n) is 5.40. The van der Waals surface area contributed by atoms with Gasteiger partial charge in [0.05, 0.1) is 6.04 Å². The van der Waals surface area contributed by atoms with Crippen LogP contribution in [0.25, 0.3) is 0 Å². The lowest BCUT2D eigenvalue weighted by molar-refractivity contribution is 0.443. The second kappa shape index (κ2) is 5.12. The molecular formula is C13H12F3NS. The van der Waals surface area contributed by atoms with E-state index in [1.807, 2.05) is 18.4 Å². The Morgan fingerprint density at radius 1 is 1.17 bits per heavy atom. The number of rotatable bonds is 3. The van der Waals surface area contributed by atoms with Crippen molar-refractivity contribution < 1.29 is 13.2 Å². The van der Waals surface area contributed by atoms with Crippen LogP contribution < -0.4 is 5.32 Å². The van der Waals surface area contributed by atoms with Crippen molar-refractivity contribution in [1.82, 2.24) is 5.32 Å². The Bertz CT molecular complexity index is 542. The molecule has 0 radical (unpaired) electrons. The zero-order valence-electron chi connectivity index (χ0n) is 9.93. The van der Waals surface area contributed by atoms with Gasteiger partial charge in [-0.3, -0.25) is 0 Å². The molecule has 1 aromatic heterocycles. The lowest BCUT2D eigenvalue weighted by atomic mass is 9.99. The quantitative estimate of drug-likeness (QED) is 0.838. The van der Waals surface area contributed by atoms with Crippen LogP contribution in [-0.4, -0.2) is 7.05 Å². The van der Waals surface area contributed by atoms with E-state index in [-0.39, 0.29) is 6.04 Å². The summed E-state index contributed by atoms with van der Waals surface area (Å²) < 4.78 is 39.4. The Balaban J connectivity index is 2.49. The molecule has 96 valence electrons. The van der Waals surface area contributed by atoms with Crippen LogP contribution in [0.15, 0.2) is 23.6 Å². The van der Waals surface area contributed by atoms with Gasteiger partial charge in [0.25, 0.3) is 0 Å². The highest BCUT2D eigenvalue weighted by Crippen LogP contribution is 2.29. The van der Waals surface area contributed by atoms with Gasteiger partial charge < -0.3 is 5.32 Å². The minimum atomic E-state index is -1.43. The van der Waals surface area contributed by atoms with Gasteiger partial charge in [0, 0.05) is 4.88 Å². The summed E-state index contributed by atoms with van der Waals surface area (Å²) in [5, 5.41) is 4.89. The zero-order valence-corrected chi connectivity index (χ0v) is 10.7. The molecule has 2 rings (SSSR count). The van der Waals surface area contributed by atoms with Crippen LogP contribution in [0.1, 0.15) is 22.0 Å². The SMILES string of the molecule is CNC(c1cc(F)c(F)c(F)c1)c1ccsc1C. The van der Waals surface area contributed by atoms with E-state index in [2.05, 4.69) is 5.32 Å². The third kappa shape index (κ3) is 2.28. The van der Waals surface area contributed by atoms with Crippen molar-refractivity contribution in [1.29, 1.82) is 0 Å². The van der Waals surface area contributed by atoms with Crippen LogP contribution in [0.5, 0.6) is 0 Å². The molecule has 0 aliphatic rings. The number of halogens is 3. The molecule has 18 heavy (non-hydrogen) atoms. The predicted molar refractivity (Wildman–Crippen MR) is 66.3 cm³/mol. The maximum atomic E-state index is 13.2. The molecule has 1 unspecified atom stereocenters. The third-order valence-corrected chi connectivity index (χ3v) is 3.70. The smallest absolute Gasteiger partial charge is 0.194 e. The number of aryl methyl sites for hydroxylation is 1. The van der Waals surface area contributed by atoms with Gasteiger partial charge in [-0.15, -0.1) is 11.3 Å². The van der Waals surface area contributed by atoms with Crippen LogP contribution in [0.2, 0.25) is 0 Å². The summed E-state index contributed by atoms with van der Waals surface area (Å²) in [6.07, 6.45) is 0. The largest absolute Gasteiger partial charge is 0.309 e. The van der Waals surface area contributed by atoms with E-state index in [1.165, 1.54) is 0 Å². The van der Waals surface area contributed by atoms with Gasteiger partial charge in [0.1, 0.15) is 0 Å². The molecule has 2 aromatic rings.